The van der Waals surface area contributed by atoms with Crippen molar-refractivity contribution < 1.29 is 22.7 Å². The molecule has 158 valence electrons. The van der Waals surface area contributed by atoms with Gasteiger partial charge in [-0.1, -0.05) is 29.8 Å². The van der Waals surface area contributed by atoms with Crippen LogP contribution in [-0.2, 0) is 26.2 Å². The van der Waals surface area contributed by atoms with Gasteiger partial charge in [-0.2, -0.15) is 0 Å². The second-order valence-electron chi connectivity index (χ2n) is 6.49. The summed E-state index contributed by atoms with van der Waals surface area (Å²) in [4.78, 5) is 16.5. The normalized spacial score (nSPS) is 11.3. The van der Waals surface area contributed by atoms with Crippen molar-refractivity contribution in [1.82, 2.24) is 9.71 Å². The lowest BCUT2D eigenvalue weighted by molar-refractivity contribution is -0.144. The van der Waals surface area contributed by atoms with Crippen molar-refractivity contribution in [2.24, 2.45) is 0 Å². The Bertz CT molecular complexity index is 1090. The Morgan fingerprint density at radius 2 is 1.80 bits per heavy atom. The van der Waals surface area contributed by atoms with E-state index in [1.165, 1.54) is 36.1 Å². The maximum absolute atomic E-state index is 12.2. The summed E-state index contributed by atoms with van der Waals surface area (Å²) in [5.74, 6) is 0.0578. The smallest absolute Gasteiger partial charge is 0.307 e. The number of aryl methyl sites for hydroxylation is 1. The van der Waals surface area contributed by atoms with Gasteiger partial charge >= 0.3 is 5.97 Å². The maximum atomic E-state index is 12.2. The molecule has 30 heavy (non-hydrogen) atoms. The van der Waals surface area contributed by atoms with Crippen molar-refractivity contribution in [3.8, 4) is 16.3 Å². The Balaban J connectivity index is 1.45. The van der Waals surface area contributed by atoms with Crippen LogP contribution in [0.1, 0.15) is 17.7 Å². The summed E-state index contributed by atoms with van der Waals surface area (Å²) in [7, 11) is -2.20. The van der Waals surface area contributed by atoms with E-state index in [1.807, 2.05) is 36.6 Å². The van der Waals surface area contributed by atoms with Crippen molar-refractivity contribution >= 4 is 27.3 Å². The third-order valence-corrected chi connectivity index (χ3v) is 6.64. The molecule has 0 atom stereocenters. The van der Waals surface area contributed by atoms with Crippen LogP contribution in [0, 0.1) is 6.92 Å². The number of hydrogen-bond donors (Lipinski definition) is 1. The predicted molar refractivity (Wildman–Crippen MR) is 115 cm³/mol. The van der Waals surface area contributed by atoms with Crippen LogP contribution in [0.15, 0.2) is 58.8 Å². The summed E-state index contributed by atoms with van der Waals surface area (Å²) in [5, 5.41) is 2.70. The Morgan fingerprint density at radius 1 is 1.10 bits per heavy atom. The number of aromatic nitrogens is 1. The third-order valence-electron chi connectivity index (χ3n) is 4.22. The van der Waals surface area contributed by atoms with Gasteiger partial charge in [-0.05, 0) is 31.2 Å². The number of methoxy groups -OCH3 is 1. The number of ether oxygens (including phenoxy) is 2. The number of nitrogens with zero attached hydrogens (tertiary/aromatic N) is 1. The van der Waals surface area contributed by atoms with Crippen molar-refractivity contribution in [2.45, 2.75) is 24.8 Å². The molecule has 0 unspecified atom stereocenters. The fourth-order valence-corrected chi connectivity index (χ4v) is 4.40. The highest BCUT2D eigenvalue weighted by Crippen LogP contribution is 2.24. The molecule has 0 radical (unpaired) electrons. The van der Waals surface area contributed by atoms with Gasteiger partial charge in [0, 0.05) is 17.5 Å². The fourth-order valence-electron chi connectivity index (χ4n) is 2.55. The van der Waals surface area contributed by atoms with E-state index >= 15 is 0 Å². The molecule has 0 amide bonds. The highest BCUT2D eigenvalue weighted by Gasteiger charge is 2.15. The predicted octanol–water partition coefficient (Wildman–Crippen LogP) is 3.54. The van der Waals surface area contributed by atoms with E-state index in [1.54, 1.807) is 12.1 Å². The van der Waals surface area contributed by atoms with Gasteiger partial charge in [-0.15, -0.1) is 11.3 Å². The van der Waals surface area contributed by atoms with Crippen LogP contribution in [0.3, 0.4) is 0 Å². The lowest BCUT2D eigenvalue weighted by atomic mass is 10.2. The molecule has 0 bridgehead atoms. The molecule has 1 aromatic heterocycles. The molecule has 3 rings (SSSR count). The molecule has 0 aliphatic heterocycles. The first-order valence-electron chi connectivity index (χ1n) is 9.18. The number of esters is 1. The van der Waals surface area contributed by atoms with Crippen molar-refractivity contribution in [3.63, 3.8) is 0 Å². The van der Waals surface area contributed by atoms with E-state index < -0.39 is 16.0 Å². The average Bonchev–Trinajstić information content (AvgIpc) is 3.22. The number of benzene rings is 2. The minimum absolute atomic E-state index is 0.0480. The van der Waals surface area contributed by atoms with Crippen LogP contribution < -0.4 is 9.46 Å². The topological polar surface area (TPSA) is 94.6 Å². The van der Waals surface area contributed by atoms with E-state index in [0.717, 1.165) is 10.6 Å². The molecule has 0 fully saturated rings. The summed E-state index contributed by atoms with van der Waals surface area (Å²) < 4.78 is 37.1. The summed E-state index contributed by atoms with van der Waals surface area (Å²) in [5.41, 5.74) is 2.84. The first-order chi connectivity index (χ1) is 14.4. The highest BCUT2D eigenvalue weighted by atomic mass is 32.2. The Morgan fingerprint density at radius 3 is 2.47 bits per heavy atom. The molecule has 0 saturated carbocycles. The van der Waals surface area contributed by atoms with Gasteiger partial charge in [0.25, 0.3) is 0 Å². The standard InChI is InChI=1S/C21H22N2O5S2/c1-15-3-5-16(6-4-15)21-23-17(14-29-21)13-28-20(24)11-12-22-30(25,26)19-9-7-18(27-2)8-10-19/h3-10,14,22H,11-13H2,1-2H3. The van der Waals surface area contributed by atoms with Crippen molar-refractivity contribution in [3.05, 3.63) is 65.2 Å². The minimum Gasteiger partial charge on any atom is -0.497 e. The Labute approximate surface area is 179 Å². The highest BCUT2D eigenvalue weighted by molar-refractivity contribution is 7.89. The second kappa shape index (κ2) is 9.84. The number of rotatable bonds is 9. The van der Waals surface area contributed by atoms with Gasteiger partial charge in [0.2, 0.25) is 10.0 Å². The van der Waals surface area contributed by atoms with Gasteiger partial charge in [-0.3, -0.25) is 4.79 Å². The minimum atomic E-state index is -3.70. The molecule has 0 spiro atoms. The van der Waals surface area contributed by atoms with E-state index in [9.17, 15) is 13.2 Å². The lowest BCUT2D eigenvalue weighted by Gasteiger charge is -2.07. The summed E-state index contributed by atoms with van der Waals surface area (Å²) in [6.45, 7) is 2.01. The number of hydrogen-bond acceptors (Lipinski definition) is 7. The zero-order chi connectivity index (χ0) is 21.6. The molecule has 0 aliphatic rings. The van der Waals surface area contributed by atoms with Crippen LogP contribution in [-0.4, -0.2) is 33.0 Å². The van der Waals surface area contributed by atoms with Crippen LogP contribution in [0.2, 0.25) is 0 Å². The van der Waals surface area contributed by atoms with Gasteiger partial charge < -0.3 is 9.47 Å². The SMILES string of the molecule is COc1ccc(S(=O)(=O)NCCC(=O)OCc2csc(-c3ccc(C)cc3)n2)cc1. The summed E-state index contributed by atoms with van der Waals surface area (Å²) in [6, 6.07) is 14.0. The number of carbonyl (C=O) groups is 1. The number of carbonyl (C=O) groups excluding carboxylic acids is 1. The van der Waals surface area contributed by atoms with Crippen LogP contribution >= 0.6 is 11.3 Å². The van der Waals surface area contributed by atoms with Crippen LogP contribution in [0.4, 0.5) is 0 Å². The van der Waals surface area contributed by atoms with Gasteiger partial charge in [0.1, 0.15) is 17.4 Å². The molecule has 7 nitrogen and oxygen atoms in total. The first-order valence-corrected chi connectivity index (χ1v) is 11.5. The Kier molecular flexibility index (Phi) is 7.20. The molecular formula is C21H22N2O5S2. The average molecular weight is 447 g/mol. The monoisotopic (exact) mass is 446 g/mol. The van der Waals surface area contributed by atoms with E-state index in [-0.39, 0.29) is 24.5 Å². The van der Waals surface area contributed by atoms with E-state index in [0.29, 0.717) is 11.4 Å². The van der Waals surface area contributed by atoms with Gasteiger partial charge in [0.15, 0.2) is 0 Å². The summed E-state index contributed by atoms with van der Waals surface area (Å²) in [6.07, 6.45) is -0.0790. The van der Waals surface area contributed by atoms with Crippen LogP contribution in [0.25, 0.3) is 10.6 Å². The molecule has 3 aromatic rings. The van der Waals surface area contributed by atoms with Gasteiger partial charge in [-0.25, -0.2) is 18.1 Å². The van der Waals surface area contributed by atoms with E-state index in [2.05, 4.69) is 9.71 Å². The number of nitrogens with one attached hydrogen (secondary N) is 1. The van der Waals surface area contributed by atoms with Crippen molar-refractivity contribution in [2.75, 3.05) is 13.7 Å². The number of sulfonamides is 1. The van der Waals surface area contributed by atoms with Crippen LogP contribution in [0.5, 0.6) is 5.75 Å². The third kappa shape index (κ3) is 5.88. The van der Waals surface area contributed by atoms with Crippen molar-refractivity contribution in [1.29, 1.82) is 0 Å². The quantitative estimate of drug-likeness (QED) is 0.505. The molecule has 1 heterocycles. The zero-order valence-corrected chi connectivity index (χ0v) is 18.3. The van der Waals surface area contributed by atoms with E-state index in [4.69, 9.17) is 9.47 Å². The molecular weight excluding hydrogens is 424 g/mol. The summed E-state index contributed by atoms with van der Waals surface area (Å²) >= 11 is 1.48. The molecule has 2 aromatic carbocycles. The first kappa shape index (κ1) is 21.9. The lowest BCUT2D eigenvalue weighted by Crippen LogP contribution is -2.26. The molecule has 0 saturated heterocycles. The fraction of sp³-hybridized carbons (Fsp3) is 0.238. The zero-order valence-electron chi connectivity index (χ0n) is 16.6. The second-order valence-corrected chi connectivity index (χ2v) is 9.12. The molecule has 0 aliphatic carbocycles. The van der Waals surface area contributed by atoms with Gasteiger partial charge in [0.05, 0.1) is 24.1 Å². The largest absolute Gasteiger partial charge is 0.497 e. The maximum Gasteiger partial charge on any atom is 0.307 e. The molecule has 1 N–H and O–H groups in total. The Hall–Kier alpha value is -2.75. The number of thiazole rings is 1. The molecule has 9 heteroatoms.